The van der Waals surface area contributed by atoms with Crippen LogP contribution in [0.4, 0.5) is 5.69 Å². The smallest absolute Gasteiger partial charge is 0.241 e. The lowest BCUT2D eigenvalue weighted by Gasteiger charge is -2.19. The molecular weight excluding hydrogens is 637 g/mol. The van der Waals surface area contributed by atoms with E-state index < -0.39 is 10.0 Å². The van der Waals surface area contributed by atoms with Gasteiger partial charge in [0.2, 0.25) is 10.0 Å². The van der Waals surface area contributed by atoms with Crippen molar-refractivity contribution in [1.82, 2.24) is 10.0 Å². The molecule has 204 valence electrons. The largest absolute Gasteiger partial charge is 0.504 e. The van der Waals surface area contributed by atoms with Gasteiger partial charge in [0.15, 0.2) is 16.6 Å². The lowest BCUT2D eigenvalue weighted by molar-refractivity contribution is 0.372. The van der Waals surface area contributed by atoms with Crippen molar-refractivity contribution >= 4 is 55.6 Å². The molecule has 8 nitrogen and oxygen atoms in total. The summed E-state index contributed by atoms with van der Waals surface area (Å²) in [6.07, 6.45) is 0. The summed E-state index contributed by atoms with van der Waals surface area (Å²) in [5, 5.41) is 16.5. The van der Waals surface area contributed by atoms with Crippen molar-refractivity contribution < 1.29 is 23.0 Å². The molecule has 0 spiro atoms. The number of hydrogen-bond acceptors (Lipinski definition) is 6. The Morgan fingerprint density at radius 3 is 2.24 bits per heavy atom. The van der Waals surface area contributed by atoms with Crippen LogP contribution in [0.25, 0.3) is 0 Å². The van der Waals surface area contributed by atoms with E-state index >= 15 is 0 Å². The lowest BCUT2D eigenvalue weighted by Crippen LogP contribution is -2.28. The number of phenols is 1. The molecule has 0 unspecified atom stereocenters. The first-order valence-corrected chi connectivity index (χ1v) is 14.7. The standard InChI is InChI=1S/C27H32IN3O5S2/c1-27(2,3)19-8-6-17(7-9-19)15-29-26(37)31-22-11-10-20(13-24(22)35-4)38(33,34)30-16-18-12-25(36-5)23(32)14-21(18)28/h6-14,30,32H,15-16H2,1-5H3,(H2,29,31,37). The van der Waals surface area contributed by atoms with E-state index in [0.29, 0.717) is 32.2 Å². The topological polar surface area (TPSA) is 109 Å². The van der Waals surface area contributed by atoms with E-state index in [2.05, 4.69) is 60.4 Å². The van der Waals surface area contributed by atoms with Crippen molar-refractivity contribution in [2.75, 3.05) is 19.5 Å². The van der Waals surface area contributed by atoms with Crippen molar-refractivity contribution in [3.8, 4) is 17.2 Å². The number of rotatable bonds is 9. The van der Waals surface area contributed by atoms with Crippen molar-refractivity contribution in [3.63, 3.8) is 0 Å². The van der Waals surface area contributed by atoms with Crippen LogP contribution in [0.5, 0.6) is 17.2 Å². The van der Waals surface area contributed by atoms with Crippen LogP contribution in [0.3, 0.4) is 0 Å². The highest BCUT2D eigenvalue weighted by atomic mass is 127. The molecule has 0 heterocycles. The molecule has 0 radical (unpaired) electrons. The first-order chi connectivity index (χ1) is 17.8. The fourth-order valence-corrected chi connectivity index (χ4v) is 5.40. The van der Waals surface area contributed by atoms with Gasteiger partial charge in [-0.05, 0) is 81.2 Å². The van der Waals surface area contributed by atoms with Crippen LogP contribution in [0.15, 0.2) is 59.5 Å². The monoisotopic (exact) mass is 669 g/mol. The van der Waals surface area contributed by atoms with Crippen molar-refractivity contribution in [2.24, 2.45) is 0 Å². The van der Waals surface area contributed by atoms with Gasteiger partial charge in [0.25, 0.3) is 0 Å². The van der Waals surface area contributed by atoms with E-state index in [-0.39, 0.29) is 28.4 Å². The van der Waals surface area contributed by atoms with Crippen LogP contribution in [-0.4, -0.2) is 32.9 Å². The number of methoxy groups -OCH3 is 2. The van der Waals surface area contributed by atoms with Gasteiger partial charge < -0.3 is 25.2 Å². The van der Waals surface area contributed by atoms with E-state index in [9.17, 15) is 13.5 Å². The number of halogens is 1. The minimum atomic E-state index is -3.86. The summed E-state index contributed by atoms with van der Waals surface area (Å²) in [4.78, 5) is 0.0402. The van der Waals surface area contributed by atoms with Gasteiger partial charge in [-0.2, -0.15) is 0 Å². The molecule has 3 rings (SSSR count). The van der Waals surface area contributed by atoms with Gasteiger partial charge in [0.1, 0.15) is 5.75 Å². The molecule has 0 fully saturated rings. The van der Waals surface area contributed by atoms with Gasteiger partial charge in [0.05, 0.1) is 24.8 Å². The highest BCUT2D eigenvalue weighted by Gasteiger charge is 2.19. The zero-order chi connectivity index (χ0) is 28.1. The molecule has 0 aliphatic heterocycles. The molecule has 4 N–H and O–H groups in total. The molecule has 0 bridgehead atoms. The van der Waals surface area contributed by atoms with Gasteiger partial charge >= 0.3 is 0 Å². The van der Waals surface area contributed by atoms with Crippen LogP contribution in [-0.2, 0) is 28.5 Å². The number of hydrogen-bond donors (Lipinski definition) is 4. The zero-order valence-corrected chi connectivity index (χ0v) is 25.7. The number of benzene rings is 3. The number of thiocarbonyl (C=S) groups is 1. The summed E-state index contributed by atoms with van der Waals surface area (Å²) < 4.78 is 39.8. The second-order valence-electron chi connectivity index (χ2n) is 9.56. The number of nitrogens with one attached hydrogen (secondary N) is 3. The Labute approximate surface area is 243 Å². The average Bonchev–Trinajstić information content (AvgIpc) is 2.87. The summed E-state index contributed by atoms with van der Waals surface area (Å²) in [6.45, 7) is 7.08. The molecule has 38 heavy (non-hydrogen) atoms. The average molecular weight is 670 g/mol. The second kappa shape index (κ2) is 12.5. The first kappa shape index (κ1) is 29.9. The molecule has 0 amide bonds. The highest BCUT2D eigenvalue weighted by molar-refractivity contribution is 14.1. The Hall–Kier alpha value is -2.61. The van der Waals surface area contributed by atoms with Gasteiger partial charge in [0, 0.05) is 22.7 Å². The summed E-state index contributed by atoms with van der Waals surface area (Å²) in [6, 6.07) is 16.0. The zero-order valence-electron chi connectivity index (χ0n) is 21.9. The van der Waals surface area contributed by atoms with E-state index in [1.807, 2.05) is 22.6 Å². The van der Waals surface area contributed by atoms with Crippen molar-refractivity contribution in [1.29, 1.82) is 0 Å². The minimum Gasteiger partial charge on any atom is -0.504 e. The summed E-state index contributed by atoms with van der Waals surface area (Å²) in [5.74, 6) is 0.581. The quantitative estimate of drug-likeness (QED) is 0.180. The van der Waals surface area contributed by atoms with Crippen LogP contribution < -0.4 is 24.8 Å². The van der Waals surface area contributed by atoms with Crippen LogP contribution >= 0.6 is 34.8 Å². The Bertz CT molecular complexity index is 1410. The van der Waals surface area contributed by atoms with E-state index in [1.165, 1.54) is 38.0 Å². The number of phenolic OH excluding ortho intramolecular Hbond substituents is 1. The first-order valence-electron chi connectivity index (χ1n) is 11.7. The molecule has 0 saturated carbocycles. The molecular formula is C27H32IN3O5S2. The molecule has 0 aromatic heterocycles. The van der Waals surface area contributed by atoms with Gasteiger partial charge in [-0.3, -0.25) is 0 Å². The third kappa shape index (κ3) is 7.71. The van der Waals surface area contributed by atoms with Crippen LogP contribution in [0.2, 0.25) is 0 Å². The number of sulfonamides is 1. The summed E-state index contributed by atoms with van der Waals surface area (Å²) in [5.41, 5.74) is 3.63. The van der Waals surface area contributed by atoms with Crippen molar-refractivity contribution in [2.45, 2.75) is 44.2 Å². The Morgan fingerprint density at radius 1 is 0.974 bits per heavy atom. The van der Waals surface area contributed by atoms with Crippen LogP contribution in [0, 0.1) is 3.57 Å². The number of ether oxygens (including phenoxy) is 2. The van der Waals surface area contributed by atoms with Gasteiger partial charge in [-0.25, -0.2) is 13.1 Å². The Morgan fingerprint density at radius 2 is 1.63 bits per heavy atom. The fourth-order valence-electron chi connectivity index (χ4n) is 3.55. The molecule has 11 heteroatoms. The van der Waals surface area contributed by atoms with Gasteiger partial charge in [-0.1, -0.05) is 45.0 Å². The maximum atomic E-state index is 13.0. The Kier molecular flexibility index (Phi) is 9.85. The summed E-state index contributed by atoms with van der Waals surface area (Å²) >= 11 is 7.46. The molecule has 3 aromatic rings. The lowest BCUT2D eigenvalue weighted by atomic mass is 9.87. The molecule has 0 aliphatic carbocycles. The molecule has 0 aliphatic rings. The Balaban J connectivity index is 1.65. The molecule has 0 saturated heterocycles. The second-order valence-corrected chi connectivity index (χ2v) is 12.9. The van der Waals surface area contributed by atoms with E-state index in [1.54, 1.807) is 12.1 Å². The van der Waals surface area contributed by atoms with E-state index in [0.717, 1.165) is 5.56 Å². The maximum Gasteiger partial charge on any atom is 0.241 e. The fraction of sp³-hybridized carbons (Fsp3) is 0.296. The van der Waals surface area contributed by atoms with Gasteiger partial charge in [-0.15, -0.1) is 0 Å². The molecule has 0 atom stereocenters. The van der Waals surface area contributed by atoms with Crippen molar-refractivity contribution in [3.05, 3.63) is 74.9 Å². The van der Waals surface area contributed by atoms with E-state index in [4.69, 9.17) is 21.7 Å². The minimum absolute atomic E-state index is 0.0119. The summed E-state index contributed by atoms with van der Waals surface area (Å²) in [7, 11) is -0.961. The normalized spacial score (nSPS) is 11.6. The number of aromatic hydroxyl groups is 1. The highest BCUT2D eigenvalue weighted by Crippen LogP contribution is 2.31. The molecule has 3 aromatic carbocycles. The maximum absolute atomic E-state index is 13.0. The number of anilines is 1. The SMILES string of the molecule is COc1cc(CNS(=O)(=O)c2ccc(NC(=S)NCc3ccc(C(C)(C)C)cc3)c(OC)c2)c(I)cc1O. The van der Waals surface area contributed by atoms with Crippen LogP contribution in [0.1, 0.15) is 37.5 Å². The third-order valence-electron chi connectivity index (χ3n) is 5.81. The third-order valence-corrected chi connectivity index (χ3v) is 8.45. The predicted molar refractivity (Wildman–Crippen MR) is 163 cm³/mol. The predicted octanol–water partition coefficient (Wildman–Crippen LogP) is 5.28.